The van der Waals surface area contributed by atoms with Gasteiger partial charge in [0.15, 0.2) is 0 Å². The Morgan fingerprint density at radius 1 is 1.28 bits per heavy atom. The Morgan fingerprint density at radius 3 is 2.17 bits per heavy atom. The molecule has 0 aliphatic rings. The van der Waals surface area contributed by atoms with Gasteiger partial charge in [0, 0.05) is 6.54 Å². The van der Waals surface area contributed by atoms with Crippen LogP contribution in [0.1, 0.15) is 17.3 Å². The molecule has 0 atom stereocenters. The molecular formula is C11H12F3NO3. The van der Waals surface area contributed by atoms with E-state index in [1.807, 2.05) is 0 Å². The minimum absolute atomic E-state index is 0.188. The smallest absolute Gasteiger partial charge is 0.406 e. The molecule has 1 rings (SSSR count). The predicted molar refractivity (Wildman–Crippen MR) is 57.4 cm³/mol. The second kappa shape index (κ2) is 5.16. The Hall–Kier alpha value is -1.92. The van der Waals surface area contributed by atoms with Gasteiger partial charge < -0.3 is 15.1 Å². The van der Waals surface area contributed by atoms with Crippen LogP contribution in [0.2, 0.25) is 0 Å². The first kappa shape index (κ1) is 14.1. The van der Waals surface area contributed by atoms with Crippen LogP contribution >= 0.6 is 0 Å². The molecule has 1 aromatic rings. The molecule has 1 amide bonds. The van der Waals surface area contributed by atoms with Gasteiger partial charge in [0.05, 0.1) is 0 Å². The van der Waals surface area contributed by atoms with E-state index in [0.717, 1.165) is 12.1 Å². The molecule has 0 bridgehead atoms. The summed E-state index contributed by atoms with van der Waals surface area (Å²) in [6.07, 6.45) is -4.54. The Kier molecular flexibility index (Phi) is 4.05. The third kappa shape index (κ3) is 3.28. The number of halogens is 3. The number of hydrogen-bond acceptors (Lipinski definition) is 3. The van der Waals surface area contributed by atoms with Crippen molar-refractivity contribution in [3.05, 3.63) is 23.8 Å². The molecule has 0 saturated carbocycles. The molecule has 0 fully saturated rings. The maximum atomic E-state index is 12.3. The maximum Gasteiger partial charge on any atom is 0.406 e. The van der Waals surface area contributed by atoms with Crippen molar-refractivity contribution in [3.8, 4) is 11.5 Å². The Morgan fingerprint density at radius 2 is 1.78 bits per heavy atom. The number of carbonyl (C=O) groups is 1. The summed E-state index contributed by atoms with van der Waals surface area (Å²) in [4.78, 5) is 12.3. The molecule has 1 aromatic carbocycles. The van der Waals surface area contributed by atoms with Crippen molar-refractivity contribution in [2.75, 3.05) is 13.1 Å². The van der Waals surface area contributed by atoms with E-state index in [4.69, 9.17) is 0 Å². The zero-order valence-electron chi connectivity index (χ0n) is 9.53. The largest absolute Gasteiger partial charge is 0.507 e. The molecule has 0 aliphatic carbocycles. The third-order valence-corrected chi connectivity index (χ3v) is 2.27. The Bertz CT molecular complexity index is 425. The quantitative estimate of drug-likeness (QED) is 0.878. The molecule has 4 nitrogen and oxygen atoms in total. The molecule has 0 aliphatic heterocycles. The molecule has 2 N–H and O–H groups in total. The number of amides is 1. The van der Waals surface area contributed by atoms with Crippen molar-refractivity contribution in [2.24, 2.45) is 0 Å². The molecule has 0 unspecified atom stereocenters. The molecule has 0 aromatic heterocycles. The first-order valence-corrected chi connectivity index (χ1v) is 5.13. The van der Waals surface area contributed by atoms with Crippen LogP contribution in [0.5, 0.6) is 11.5 Å². The number of rotatable bonds is 3. The fraction of sp³-hybridized carbons (Fsp3) is 0.364. The third-order valence-electron chi connectivity index (χ3n) is 2.27. The summed E-state index contributed by atoms with van der Waals surface area (Å²) in [6, 6.07) is 3.52. The van der Waals surface area contributed by atoms with Gasteiger partial charge in [0.25, 0.3) is 5.91 Å². The van der Waals surface area contributed by atoms with E-state index < -0.39 is 35.7 Å². The average molecular weight is 263 g/mol. The van der Waals surface area contributed by atoms with Crippen molar-refractivity contribution in [2.45, 2.75) is 13.1 Å². The minimum atomic E-state index is -4.54. The van der Waals surface area contributed by atoms with Gasteiger partial charge in [0.2, 0.25) is 0 Å². The van der Waals surface area contributed by atoms with E-state index in [0.29, 0.717) is 4.90 Å². The minimum Gasteiger partial charge on any atom is -0.507 e. The summed E-state index contributed by atoms with van der Waals surface area (Å²) in [5.41, 5.74) is -0.524. The normalized spacial score (nSPS) is 11.3. The van der Waals surface area contributed by atoms with Crippen molar-refractivity contribution in [1.29, 1.82) is 0 Å². The lowest BCUT2D eigenvalue weighted by molar-refractivity contribution is -0.140. The van der Waals surface area contributed by atoms with Gasteiger partial charge in [-0.05, 0) is 19.1 Å². The van der Waals surface area contributed by atoms with Gasteiger partial charge in [0.1, 0.15) is 23.6 Å². The molecule has 0 heterocycles. The van der Waals surface area contributed by atoms with Gasteiger partial charge in [-0.25, -0.2) is 0 Å². The van der Waals surface area contributed by atoms with E-state index in [-0.39, 0.29) is 6.54 Å². The van der Waals surface area contributed by atoms with Crippen molar-refractivity contribution in [1.82, 2.24) is 4.90 Å². The van der Waals surface area contributed by atoms with Crippen LogP contribution in [-0.2, 0) is 0 Å². The van der Waals surface area contributed by atoms with E-state index in [1.54, 1.807) is 0 Å². The zero-order chi connectivity index (χ0) is 13.9. The maximum absolute atomic E-state index is 12.3. The lowest BCUT2D eigenvalue weighted by atomic mass is 10.1. The molecule has 100 valence electrons. The Labute approximate surface area is 101 Å². The predicted octanol–water partition coefficient (Wildman–Crippen LogP) is 2.12. The van der Waals surface area contributed by atoms with Gasteiger partial charge in [-0.3, -0.25) is 4.79 Å². The summed E-state index contributed by atoms with van der Waals surface area (Å²) < 4.78 is 36.8. The van der Waals surface area contributed by atoms with E-state index in [1.165, 1.54) is 13.0 Å². The number of benzene rings is 1. The highest BCUT2D eigenvalue weighted by Crippen LogP contribution is 2.28. The van der Waals surface area contributed by atoms with Crippen LogP contribution < -0.4 is 0 Å². The summed E-state index contributed by atoms with van der Waals surface area (Å²) >= 11 is 0. The van der Waals surface area contributed by atoms with E-state index >= 15 is 0 Å². The van der Waals surface area contributed by atoms with Crippen molar-refractivity contribution in [3.63, 3.8) is 0 Å². The lowest BCUT2D eigenvalue weighted by Gasteiger charge is -2.23. The van der Waals surface area contributed by atoms with E-state index in [2.05, 4.69) is 0 Å². The van der Waals surface area contributed by atoms with Crippen LogP contribution in [0.15, 0.2) is 18.2 Å². The number of nitrogens with zero attached hydrogens (tertiary/aromatic N) is 1. The van der Waals surface area contributed by atoms with Gasteiger partial charge in [-0.15, -0.1) is 0 Å². The first-order chi connectivity index (χ1) is 8.26. The summed E-state index contributed by atoms with van der Waals surface area (Å²) in [6.45, 7) is -0.247. The molecular weight excluding hydrogens is 251 g/mol. The second-order valence-corrected chi connectivity index (χ2v) is 3.61. The first-order valence-electron chi connectivity index (χ1n) is 5.13. The number of carbonyl (C=O) groups excluding carboxylic acids is 1. The molecule has 18 heavy (non-hydrogen) atoms. The average Bonchev–Trinajstić information content (AvgIpc) is 2.24. The number of phenols is 2. The zero-order valence-corrected chi connectivity index (χ0v) is 9.53. The standard InChI is InChI=1S/C11H12F3NO3/c1-2-15(6-11(12,13)14)10(18)9-7(16)4-3-5-8(9)17/h3-5,16-17H,2,6H2,1H3. The molecule has 0 radical (unpaired) electrons. The summed E-state index contributed by atoms with van der Waals surface area (Å²) in [5.74, 6) is -2.17. The van der Waals surface area contributed by atoms with Crippen LogP contribution in [-0.4, -0.2) is 40.3 Å². The Balaban J connectivity index is 3.04. The van der Waals surface area contributed by atoms with Crippen LogP contribution in [0.4, 0.5) is 13.2 Å². The summed E-state index contributed by atoms with van der Waals surface area (Å²) in [7, 11) is 0. The highest BCUT2D eigenvalue weighted by molar-refractivity contribution is 5.99. The number of phenolic OH excluding ortho intramolecular Hbond substituents is 2. The fourth-order valence-corrected chi connectivity index (χ4v) is 1.45. The topological polar surface area (TPSA) is 60.8 Å². The highest BCUT2D eigenvalue weighted by atomic mass is 19.4. The number of hydrogen-bond donors (Lipinski definition) is 2. The SMILES string of the molecule is CCN(CC(F)(F)F)C(=O)c1c(O)cccc1O. The monoisotopic (exact) mass is 263 g/mol. The van der Waals surface area contributed by atoms with Gasteiger partial charge in [-0.2, -0.15) is 13.2 Å². The molecule has 0 spiro atoms. The second-order valence-electron chi connectivity index (χ2n) is 3.61. The van der Waals surface area contributed by atoms with Crippen LogP contribution in [0, 0.1) is 0 Å². The van der Waals surface area contributed by atoms with Crippen molar-refractivity contribution >= 4 is 5.91 Å². The fourth-order valence-electron chi connectivity index (χ4n) is 1.45. The van der Waals surface area contributed by atoms with Crippen molar-refractivity contribution < 1.29 is 28.2 Å². The van der Waals surface area contributed by atoms with Crippen LogP contribution in [0.3, 0.4) is 0 Å². The number of aromatic hydroxyl groups is 2. The van der Waals surface area contributed by atoms with Gasteiger partial charge >= 0.3 is 6.18 Å². The van der Waals surface area contributed by atoms with Crippen LogP contribution in [0.25, 0.3) is 0 Å². The van der Waals surface area contributed by atoms with Gasteiger partial charge in [-0.1, -0.05) is 6.07 Å². The summed E-state index contributed by atoms with van der Waals surface area (Å²) in [5, 5.41) is 18.8. The lowest BCUT2D eigenvalue weighted by Crippen LogP contribution is -2.38. The number of alkyl halides is 3. The van der Waals surface area contributed by atoms with E-state index in [9.17, 15) is 28.2 Å². The molecule has 0 saturated heterocycles. The highest BCUT2D eigenvalue weighted by Gasteiger charge is 2.34. The molecule has 7 heteroatoms.